The molecule has 0 atom stereocenters. The van der Waals surface area contributed by atoms with Gasteiger partial charge in [0.2, 0.25) is 0 Å². The maximum Gasteiger partial charge on any atom is 0.317 e. The molecule has 1 aromatic rings. The number of rotatable bonds is 9. The standard InChI is InChI=1S/C15H21NO4/c1-3-8-16(11-15(18)19)9-10-20-14-7-5-4-6-13(14)12(2)17/h4-7H,3,8-11H2,1-2H3,(H,18,19). The third-order valence-electron chi connectivity index (χ3n) is 2.83. The largest absolute Gasteiger partial charge is 0.491 e. The van der Waals surface area contributed by atoms with Crippen LogP contribution in [0.1, 0.15) is 30.6 Å². The second kappa shape index (κ2) is 8.32. The van der Waals surface area contributed by atoms with Gasteiger partial charge in [0.25, 0.3) is 0 Å². The number of carbonyl (C=O) groups excluding carboxylic acids is 1. The quantitative estimate of drug-likeness (QED) is 0.701. The summed E-state index contributed by atoms with van der Waals surface area (Å²) in [6.45, 7) is 5.09. The van der Waals surface area contributed by atoms with Crippen LogP contribution in [0.3, 0.4) is 0 Å². The smallest absolute Gasteiger partial charge is 0.317 e. The van der Waals surface area contributed by atoms with Gasteiger partial charge in [0.05, 0.1) is 12.1 Å². The third kappa shape index (κ3) is 5.40. The number of carboxylic acid groups (broad SMARTS) is 1. The topological polar surface area (TPSA) is 66.8 Å². The number of carboxylic acids is 1. The molecule has 5 heteroatoms. The minimum Gasteiger partial charge on any atom is -0.491 e. The molecule has 0 radical (unpaired) electrons. The minimum absolute atomic E-state index is 0.00551. The molecule has 0 saturated carbocycles. The molecule has 1 rings (SSSR count). The van der Waals surface area contributed by atoms with Crippen LogP contribution in [0.15, 0.2) is 24.3 Å². The van der Waals surface area contributed by atoms with E-state index < -0.39 is 5.97 Å². The molecule has 0 amide bonds. The van der Waals surface area contributed by atoms with E-state index in [1.54, 1.807) is 18.2 Å². The lowest BCUT2D eigenvalue weighted by molar-refractivity contribution is -0.138. The summed E-state index contributed by atoms with van der Waals surface area (Å²) >= 11 is 0. The molecule has 5 nitrogen and oxygen atoms in total. The lowest BCUT2D eigenvalue weighted by Gasteiger charge is -2.19. The maximum absolute atomic E-state index is 11.4. The number of aliphatic carboxylic acids is 1. The number of carbonyl (C=O) groups is 2. The Balaban J connectivity index is 2.54. The number of hydrogen-bond donors (Lipinski definition) is 1. The molecule has 20 heavy (non-hydrogen) atoms. The fourth-order valence-corrected chi connectivity index (χ4v) is 1.95. The van der Waals surface area contributed by atoms with E-state index in [9.17, 15) is 9.59 Å². The monoisotopic (exact) mass is 279 g/mol. The van der Waals surface area contributed by atoms with E-state index in [0.717, 1.165) is 6.42 Å². The number of para-hydroxylation sites is 1. The third-order valence-corrected chi connectivity index (χ3v) is 2.83. The van der Waals surface area contributed by atoms with Gasteiger partial charge in [0.15, 0.2) is 5.78 Å². The van der Waals surface area contributed by atoms with Crippen LogP contribution >= 0.6 is 0 Å². The second-order valence-corrected chi connectivity index (χ2v) is 4.57. The first-order valence-electron chi connectivity index (χ1n) is 6.71. The predicted octanol–water partition coefficient (Wildman–Crippen LogP) is 2.06. The summed E-state index contributed by atoms with van der Waals surface area (Å²) in [6, 6.07) is 7.07. The number of ether oxygens (including phenoxy) is 1. The van der Waals surface area contributed by atoms with Crippen LogP contribution in [-0.2, 0) is 4.79 Å². The lowest BCUT2D eigenvalue weighted by atomic mass is 10.1. The number of hydrogen-bond acceptors (Lipinski definition) is 4. The summed E-state index contributed by atoms with van der Waals surface area (Å²) in [4.78, 5) is 24.0. The molecule has 0 bridgehead atoms. The van der Waals surface area contributed by atoms with E-state index in [-0.39, 0.29) is 12.3 Å². The number of ketones is 1. The second-order valence-electron chi connectivity index (χ2n) is 4.57. The van der Waals surface area contributed by atoms with Crippen LogP contribution in [0.4, 0.5) is 0 Å². The Kier molecular flexibility index (Phi) is 6.73. The summed E-state index contributed by atoms with van der Waals surface area (Å²) in [7, 11) is 0. The number of Topliss-reactive ketones (excluding diaryl/α,β-unsaturated/α-hetero) is 1. The van der Waals surface area contributed by atoms with Crippen molar-refractivity contribution in [3.63, 3.8) is 0 Å². The molecular weight excluding hydrogens is 258 g/mol. The Morgan fingerprint density at radius 3 is 2.55 bits per heavy atom. The molecule has 0 fully saturated rings. The van der Waals surface area contributed by atoms with Crippen LogP contribution < -0.4 is 4.74 Å². The first-order chi connectivity index (χ1) is 9.54. The predicted molar refractivity (Wildman–Crippen MR) is 76.3 cm³/mol. The van der Waals surface area contributed by atoms with E-state index >= 15 is 0 Å². The van der Waals surface area contributed by atoms with Gasteiger partial charge in [0, 0.05) is 6.54 Å². The van der Waals surface area contributed by atoms with Crippen molar-refractivity contribution in [3.05, 3.63) is 29.8 Å². The van der Waals surface area contributed by atoms with Crippen molar-refractivity contribution in [2.45, 2.75) is 20.3 Å². The molecule has 0 spiro atoms. The highest BCUT2D eigenvalue weighted by Gasteiger charge is 2.10. The number of benzene rings is 1. The molecule has 0 unspecified atom stereocenters. The fraction of sp³-hybridized carbons (Fsp3) is 0.467. The highest BCUT2D eigenvalue weighted by Crippen LogP contribution is 2.18. The highest BCUT2D eigenvalue weighted by atomic mass is 16.5. The normalized spacial score (nSPS) is 10.6. The maximum atomic E-state index is 11.4. The van der Waals surface area contributed by atoms with E-state index in [4.69, 9.17) is 9.84 Å². The van der Waals surface area contributed by atoms with E-state index in [1.807, 2.05) is 17.9 Å². The van der Waals surface area contributed by atoms with Gasteiger partial charge in [-0.3, -0.25) is 14.5 Å². The molecule has 0 aliphatic carbocycles. The van der Waals surface area contributed by atoms with Gasteiger partial charge in [-0.25, -0.2) is 0 Å². The van der Waals surface area contributed by atoms with Crippen LogP contribution in [0.5, 0.6) is 5.75 Å². The zero-order valence-electron chi connectivity index (χ0n) is 12.0. The first kappa shape index (κ1) is 16.2. The fourth-order valence-electron chi connectivity index (χ4n) is 1.95. The Morgan fingerprint density at radius 1 is 1.25 bits per heavy atom. The van der Waals surface area contributed by atoms with Gasteiger partial charge in [-0.2, -0.15) is 0 Å². The van der Waals surface area contributed by atoms with E-state index in [0.29, 0.717) is 31.0 Å². The molecular formula is C15H21NO4. The summed E-state index contributed by atoms with van der Waals surface area (Å²) in [5.41, 5.74) is 0.549. The summed E-state index contributed by atoms with van der Waals surface area (Å²) < 4.78 is 5.60. The van der Waals surface area contributed by atoms with Crippen LogP contribution in [0, 0.1) is 0 Å². The summed E-state index contributed by atoms with van der Waals surface area (Å²) in [5, 5.41) is 8.82. The minimum atomic E-state index is -0.845. The van der Waals surface area contributed by atoms with Gasteiger partial charge in [0.1, 0.15) is 12.4 Å². The van der Waals surface area contributed by atoms with E-state index in [2.05, 4.69) is 0 Å². The van der Waals surface area contributed by atoms with Gasteiger partial charge >= 0.3 is 5.97 Å². The molecule has 0 aromatic heterocycles. The van der Waals surface area contributed by atoms with Crippen molar-refractivity contribution in [2.75, 3.05) is 26.2 Å². The average molecular weight is 279 g/mol. The SMILES string of the molecule is CCCN(CCOc1ccccc1C(C)=O)CC(=O)O. The Morgan fingerprint density at radius 2 is 1.95 bits per heavy atom. The molecule has 1 N–H and O–H groups in total. The number of nitrogens with zero attached hydrogens (tertiary/aromatic N) is 1. The molecule has 1 aromatic carbocycles. The Hall–Kier alpha value is -1.88. The highest BCUT2D eigenvalue weighted by molar-refractivity contribution is 5.96. The van der Waals surface area contributed by atoms with Crippen LogP contribution in [-0.4, -0.2) is 48.0 Å². The van der Waals surface area contributed by atoms with E-state index in [1.165, 1.54) is 6.92 Å². The van der Waals surface area contributed by atoms with Gasteiger partial charge in [-0.15, -0.1) is 0 Å². The Bertz CT molecular complexity index is 459. The van der Waals surface area contributed by atoms with Crippen molar-refractivity contribution >= 4 is 11.8 Å². The van der Waals surface area contributed by atoms with Gasteiger partial charge < -0.3 is 9.84 Å². The molecule has 110 valence electrons. The van der Waals surface area contributed by atoms with Crippen molar-refractivity contribution < 1.29 is 19.4 Å². The summed E-state index contributed by atoms with van der Waals surface area (Å²) in [6.07, 6.45) is 0.886. The average Bonchev–Trinajstić information content (AvgIpc) is 2.38. The lowest BCUT2D eigenvalue weighted by Crippen LogP contribution is -2.34. The Labute approximate surface area is 119 Å². The van der Waals surface area contributed by atoms with Crippen molar-refractivity contribution in [2.24, 2.45) is 0 Å². The molecule has 0 heterocycles. The first-order valence-corrected chi connectivity index (χ1v) is 6.71. The molecule has 0 aliphatic heterocycles. The van der Waals surface area contributed by atoms with Crippen molar-refractivity contribution in [1.29, 1.82) is 0 Å². The molecule has 0 saturated heterocycles. The van der Waals surface area contributed by atoms with Crippen molar-refractivity contribution in [1.82, 2.24) is 4.90 Å². The zero-order chi connectivity index (χ0) is 15.0. The van der Waals surface area contributed by atoms with Crippen LogP contribution in [0.25, 0.3) is 0 Å². The molecule has 0 aliphatic rings. The summed E-state index contributed by atoms with van der Waals surface area (Å²) in [5.74, 6) is -0.342. The van der Waals surface area contributed by atoms with Crippen molar-refractivity contribution in [3.8, 4) is 5.75 Å². The van der Waals surface area contributed by atoms with Crippen LogP contribution in [0.2, 0.25) is 0 Å². The van der Waals surface area contributed by atoms with Gasteiger partial charge in [-0.1, -0.05) is 19.1 Å². The zero-order valence-corrected chi connectivity index (χ0v) is 12.0. The van der Waals surface area contributed by atoms with Gasteiger partial charge in [-0.05, 0) is 32.0 Å².